The topological polar surface area (TPSA) is 76.7 Å². The van der Waals surface area contributed by atoms with Crippen molar-refractivity contribution < 1.29 is 19.1 Å². The maximum Gasteiger partial charge on any atom is 0.319 e. The van der Waals surface area contributed by atoms with E-state index in [4.69, 9.17) is 9.47 Å². The number of ether oxygens (including phenoxy) is 2. The van der Waals surface area contributed by atoms with Crippen molar-refractivity contribution >= 4 is 17.5 Å². The van der Waals surface area contributed by atoms with E-state index < -0.39 is 12.3 Å². The molecule has 1 unspecified atom stereocenters. The number of urea groups is 1. The van der Waals surface area contributed by atoms with Gasteiger partial charge in [-0.3, -0.25) is 4.79 Å². The van der Waals surface area contributed by atoms with Crippen LogP contribution in [0.15, 0.2) is 24.3 Å². The Labute approximate surface area is 118 Å². The summed E-state index contributed by atoms with van der Waals surface area (Å²) in [5.41, 5.74) is 1.09. The van der Waals surface area contributed by atoms with Crippen LogP contribution in [0.2, 0.25) is 0 Å². The molecule has 0 aliphatic heterocycles. The Bertz CT molecular complexity index is 472. The second kappa shape index (κ2) is 7.62. The third kappa shape index (κ3) is 4.64. The fourth-order valence-electron chi connectivity index (χ4n) is 1.76. The van der Waals surface area contributed by atoms with E-state index >= 15 is 0 Å². The Morgan fingerprint density at radius 2 is 1.85 bits per heavy atom. The lowest BCUT2D eigenvalue weighted by Crippen LogP contribution is -2.44. The number of Topliss-reactive ketones (excluding diaryl/α,β-unsaturated/α-hetero) is 1. The molecular weight excluding hydrogens is 260 g/mol. The molecule has 2 amide bonds. The van der Waals surface area contributed by atoms with Crippen molar-refractivity contribution in [1.29, 1.82) is 0 Å². The van der Waals surface area contributed by atoms with Crippen LogP contribution in [0.3, 0.4) is 0 Å². The van der Waals surface area contributed by atoms with Gasteiger partial charge in [0.15, 0.2) is 12.1 Å². The predicted octanol–water partition coefficient (Wildman–Crippen LogP) is 2.02. The van der Waals surface area contributed by atoms with E-state index in [-0.39, 0.29) is 11.8 Å². The smallest absolute Gasteiger partial charge is 0.319 e. The van der Waals surface area contributed by atoms with E-state index in [0.29, 0.717) is 11.3 Å². The van der Waals surface area contributed by atoms with Gasteiger partial charge >= 0.3 is 6.03 Å². The van der Waals surface area contributed by atoms with Crippen molar-refractivity contribution in [2.45, 2.75) is 26.2 Å². The number of hydrogen-bond acceptors (Lipinski definition) is 4. The third-order valence-electron chi connectivity index (χ3n) is 2.76. The monoisotopic (exact) mass is 280 g/mol. The normalized spacial score (nSPS) is 12.1. The number of amides is 2. The van der Waals surface area contributed by atoms with Crippen molar-refractivity contribution in [3.63, 3.8) is 0 Å². The molecular formula is C14H20N2O4. The molecule has 0 radical (unpaired) electrons. The highest BCUT2D eigenvalue weighted by Gasteiger charge is 2.17. The summed E-state index contributed by atoms with van der Waals surface area (Å²) in [4.78, 5) is 23.1. The van der Waals surface area contributed by atoms with Crippen LogP contribution in [0.1, 0.15) is 24.2 Å². The molecule has 0 aliphatic rings. The van der Waals surface area contributed by atoms with Gasteiger partial charge in [-0.15, -0.1) is 0 Å². The highest BCUT2D eigenvalue weighted by atomic mass is 16.7. The second-order valence-corrected chi connectivity index (χ2v) is 4.36. The minimum Gasteiger partial charge on any atom is -0.354 e. The van der Waals surface area contributed by atoms with Crippen molar-refractivity contribution in [1.82, 2.24) is 5.32 Å². The van der Waals surface area contributed by atoms with Crippen LogP contribution in [0.4, 0.5) is 10.5 Å². The Balaban J connectivity index is 2.62. The summed E-state index contributed by atoms with van der Waals surface area (Å²) >= 11 is 0. The van der Waals surface area contributed by atoms with Crippen molar-refractivity contribution in [3.8, 4) is 0 Å². The molecule has 2 N–H and O–H groups in total. The third-order valence-corrected chi connectivity index (χ3v) is 2.76. The number of ketones is 1. The molecule has 0 fully saturated rings. The number of carbonyl (C=O) groups excluding carboxylic acids is 2. The van der Waals surface area contributed by atoms with Gasteiger partial charge in [0.2, 0.25) is 0 Å². The van der Waals surface area contributed by atoms with Gasteiger partial charge in [0, 0.05) is 25.5 Å². The fourth-order valence-corrected chi connectivity index (χ4v) is 1.76. The lowest BCUT2D eigenvalue weighted by Gasteiger charge is -2.22. The van der Waals surface area contributed by atoms with E-state index in [2.05, 4.69) is 10.6 Å². The highest BCUT2D eigenvalue weighted by molar-refractivity contribution is 5.96. The van der Waals surface area contributed by atoms with Gasteiger partial charge in [-0.2, -0.15) is 0 Å². The number of rotatable bonds is 6. The van der Waals surface area contributed by atoms with E-state index in [1.165, 1.54) is 21.1 Å². The lowest BCUT2D eigenvalue weighted by molar-refractivity contribution is -0.117. The molecule has 1 aromatic rings. The van der Waals surface area contributed by atoms with Crippen LogP contribution < -0.4 is 10.6 Å². The van der Waals surface area contributed by atoms with E-state index in [0.717, 1.165) is 0 Å². The molecule has 0 aromatic heterocycles. The molecule has 0 spiro atoms. The largest absolute Gasteiger partial charge is 0.354 e. The summed E-state index contributed by atoms with van der Waals surface area (Å²) in [6.07, 6.45) is -0.524. The van der Waals surface area contributed by atoms with Crippen molar-refractivity contribution in [3.05, 3.63) is 29.8 Å². The molecule has 6 heteroatoms. The zero-order valence-corrected chi connectivity index (χ0v) is 12.1. The standard InChI is InChI=1S/C14H20N2O4/c1-9(13(19-3)20-4)15-14(18)16-12-7-5-6-11(8-12)10(2)17/h5-9,13H,1-4H3,(H2,15,16,18). The fraction of sp³-hybridized carbons (Fsp3) is 0.429. The number of anilines is 1. The number of benzene rings is 1. The van der Waals surface area contributed by atoms with Gasteiger partial charge < -0.3 is 20.1 Å². The number of carbonyl (C=O) groups is 2. The van der Waals surface area contributed by atoms with E-state index in [1.807, 2.05) is 0 Å². The Hall–Kier alpha value is -1.92. The molecule has 0 heterocycles. The minimum atomic E-state index is -0.524. The highest BCUT2D eigenvalue weighted by Crippen LogP contribution is 2.11. The quantitative estimate of drug-likeness (QED) is 0.617. The number of hydrogen-bond donors (Lipinski definition) is 2. The first-order valence-electron chi connectivity index (χ1n) is 6.22. The van der Waals surface area contributed by atoms with Crippen LogP contribution in [0.25, 0.3) is 0 Å². The summed E-state index contributed by atoms with van der Waals surface area (Å²) in [7, 11) is 3.00. The maximum atomic E-state index is 11.8. The zero-order valence-electron chi connectivity index (χ0n) is 12.1. The molecule has 0 bridgehead atoms. The first-order chi connectivity index (χ1) is 9.47. The average molecular weight is 280 g/mol. The molecule has 20 heavy (non-hydrogen) atoms. The van der Waals surface area contributed by atoms with Gasteiger partial charge in [0.25, 0.3) is 0 Å². The second-order valence-electron chi connectivity index (χ2n) is 4.36. The lowest BCUT2D eigenvalue weighted by atomic mass is 10.1. The van der Waals surface area contributed by atoms with Crippen molar-refractivity contribution in [2.24, 2.45) is 0 Å². The number of methoxy groups -OCH3 is 2. The Morgan fingerprint density at radius 1 is 1.20 bits per heavy atom. The van der Waals surface area contributed by atoms with Gasteiger partial charge in [0.1, 0.15) is 0 Å². The van der Waals surface area contributed by atoms with Crippen LogP contribution >= 0.6 is 0 Å². The van der Waals surface area contributed by atoms with Gasteiger partial charge in [-0.1, -0.05) is 12.1 Å². The molecule has 1 aromatic carbocycles. The van der Waals surface area contributed by atoms with Crippen LogP contribution in [0, 0.1) is 0 Å². The Kier molecular flexibility index (Phi) is 6.14. The van der Waals surface area contributed by atoms with E-state index in [9.17, 15) is 9.59 Å². The minimum absolute atomic E-state index is 0.0544. The van der Waals surface area contributed by atoms with E-state index in [1.54, 1.807) is 31.2 Å². The predicted molar refractivity (Wildman–Crippen MR) is 75.9 cm³/mol. The van der Waals surface area contributed by atoms with Crippen molar-refractivity contribution in [2.75, 3.05) is 19.5 Å². The molecule has 0 saturated heterocycles. The summed E-state index contributed by atoms with van der Waals surface area (Å²) in [6.45, 7) is 3.24. The SMILES string of the molecule is COC(OC)C(C)NC(=O)Nc1cccc(C(C)=O)c1. The Morgan fingerprint density at radius 3 is 2.40 bits per heavy atom. The van der Waals surface area contributed by atoms with Crippen LogP contribution in [0.5, 0.6) is 0 Å². The summed E-state index contributed by atoms with van der Waals surface area (Å²) < 4.78 is 10.1. The summed E-state index contributed by atoms with van der Waals surface area (Å²) in [6, 6.07) is 6.03. The molecule has 6 nitrogen and oxygen atoms in total. The molecule has 0 aliphatic carbocycles. The molecule has 1 atom stereocenters. The molecule has 110 valence electrons. The average Bonchev–Trinajstić information content (AvgIpc) is 2.40. The maximum absolute atomic E-state index is 11.8. The zero-order chi connectivity index (χ0) is 15.1. The first kappa shape index (κ1) is 16.1. The summed E-state index contributed by atoms with van der Waals surface area (Å²) in [5.74, 6) is -0.0544. The van der Waals surface area contributed by atoms with Gasteiger partial charge in [-0.25, -0.2) is 4.79 Å². The number of nitrogens with one attached hydrogen (secondary N) is 2. The molecule has 1 rings (SSSR count). The van der Waals surface area contributed by atoms with Gasteiger partial charge in [-0.05, 0) is 26.0 Å². The van der Waals surface area contributed by atoms with Crippen LogP contribution in [-0.2, 0) is 9.47 Å². The van der Waals surface area contributed by atoms with Gasteiger partial charge in [0.05, 0.1) is 6.04 Å². The molecule has 0 saturated carbocycles. The summed E-state index contributed by atoms with van der Waals surface area (Å²) in [5, 5.41) is 5.35. The first-order valence-corrected chi connectivity index (χ1v) is 6.22. The van der Waals surface area contributed by atoms with Crippen LogP contribution in [-0.4, -0.2) is 38.4 Å².